The molecule has 0 aliphatic rings. The number of carbonyl (C=O) groups is 2. The van der Waals surface area contributed by atoms with Gasteiger partial charge in [-0.3, -0.25) is 4.79 Å². The molecule has 0 atom stereocenters. The molecule has 0 saturated heterocycles. The van der Waals surface area contributed by atoms with Gasteiger partial charge in [0.1, 0.15) is 0 Å². The summed E-state index contributed by atoms with van der Waals surface area (Å²) in [6.45, 7) is 0. The number of hydrogen-bond donors (Lipinski definition) is 3. The summed E-state index contributed by atoms with van der Waals surface area (Å²) in [6.07, 6.45) is 1.50. The van der Waals surface area contributed by atoms with Crippen molar-refractivity contribution in [2.24, 2.45) is 5.10 Å². The molecule has 8 nitrogen and oxygen atoms in total. The van der Waals surface area contributed by atoms with Gasteiger partial charge < -0.3 is 20.1 Å². The summed E-state index contributed by atoms with van der Waals surface area (Å²) in [5.74, 6) is 0.795. The Labute approximate surface area is 179 Å². The van der Waals surface area contributed by atoms with Gasteiger partial charge in [0.05, 0.1) is 20.4 Å². The van der Waals surface area contributed by atoms with Crippen molar-refractivity contribution in [3.8, 4) is 11.5 Å². The van der Waals surface area contributed by atoms with Crippen molar-refractivity contribution in [2.45, 2.75) is 0 Å². The minimum atomic E-state index is -0.378. The van der Waals surface area contributed by atoms with Crippen LogP contribution in [0.2, 0.25) is 0 Å². The first-order valence-corrected chi connectivity index (χ1v) is 9.37. The third-order valence-electron chi connectivity index (χ3n) is 4.22. The number of rotatable bonds is 7. The molecular formula is C23H22N4O4. The average Bonchev–Trinajstić information content (AvgIpc) is 2.80. The molecular weight excluding hydrogens is 396 g/mol. The first kappa shape index (κ1) is 21.4. The summed E-state index contributed by atoms with van der Waals surface area (Å²) in [6, 6.07) is 20.5. The van der Waals surface area contributed by atoms with Gasteiger partial charge in [0, 0.05) is 16.9 Å². The lowest BCUT2D eigenvalue weighted by molar-refractivity contribution is 0.0955. The smallest absolute Gasteiger partial charge is 0.323 e. The van der Waals surface area contributed by atoms with Crippen molar-refractivity contribution in [3.05, 3.63) is 83.9 Å². The van der Waals surface area contributed by atoms with Crippen molar-refractivity contribution < 1.29 is 19.1 Å². The maximum Gasteiger partial charge on any atom is 0.323 e. The Kier molecular flexibility index (Phi) is 7.21. The first-order chi connectivity index (χ1) is 15.1. The summed E-state index contributed by atoms with van der Waals surface area (Å²) in [5, 5.41) is 9.40. The number of nitrogens with one attached hydrogen (secondary N) is 3. The van der Waals surface area contributed by atoms with Crippen LogP contribution in [0.4, 0.5) is 16.2 Å². The number of methoxy groups -OCH3 is 2. The number of hydrogen-bond acceptors (Lipinski definition) is 5. The van der Waals surface area contributed by atoms with Gasteiger partial charge in [0.25, 0.3) is 5.91 Å². The standard InChI is InChI=1S/C23H22N4O4/c1-30-20-13-8-16(14-21(20)31-2)15-24-27-22(28)17-9-11-19(12-10-17)26-23(29)25-18-6-4-3-5-7-18/h3-15H,1-2H3,(H,27,28)(H2,25,26,29)/b24-15-. The second-order valence-electron chi connectivity index (χ2n) is 6.34. The number of nitrogens with zero attached hydrogens (tertiary/aromatic N) is 1. The Balaban J connectivity index is 1.54. The zero-order valence-corrected chi connectivity index (χ0v) is 17.1. The summed E-state index contributed by atoms with van der Waals surface area (Å²) in [7, 11) is 3.10. The van der Waals surface area contributed by atoms with Crippen molar-refractivity contribution in [1.29, 1.82) is 0 Å². The van der Waals surface area contributed by atoms with E-state index in [-0.39, 0.29) is 11.9 Å². The molecule has 31 heavy (non-hydrogen) atoms. The molecule has 3 rings (SSSR count). The largest absolute Gasteiger partial charge is 0.493 e. The quantitative estimate of drug-likeness (QED) is 0.397. The van der Waals surface area contributed by atoms with Crippen molar-refractivity contribution in [3.63, 3.8) is 0 Å². The van der Waals surface area contributed by atoms with Crippen LogP contribution in [-0.2, 0) is 0 Å². The summed E-state index contributed by atoms with van der Waals surface area (Å²) in [5.41, 5.74) is 4.84. The van der Waals surface area contributed by atoms with Gasteiger partial charge in [-0.1, -0.05) is 18.2 Å². The molecule has 0 unspecified atom stereocenters. The van der Waals surface area contributed by atoms with E-state index in [0.717, 1.165) is 5.56 Å². The highest BCUT2D eigenvalue weighted by atomic mass is 16.5. The van der Waals surface area contributed by atoms with E-state index in [4.69, 9.17) is 9.47 Å². The molecule has 3 N–H and O–H groups in total. The van der Waals surface area contributed by atoms with Crippen molar-refractivity contribution in [2.75, 3.05) is 24.9 Å². The molecule has 0 aliphatic heterocycles. The van der Waals surface area contributed by atoms with Gasteiger partial charge in [-0.2, -0.15) is 5.10 Å². The highest BCUT2D eigenvalue weighted by Crippen LogP contribution is 2.26. The molecule has 0 heterocycles. The van der Waals surface area contributed by atoms with Gasteiger partial charge in [-0.15, -0.1) is 0 Å². The molecule has 0 spiro atoms. The third-order valence-corrected chi connectivity index (χ3v) is 4.22. The molecule has 158 valence electrons. The predicted octanol–water partition coefficient (Wildman–Crippen LogP) is 4.11. The van der Waals surface area contributed by atoms with E-state index in [1.807, 2.05) is 18.2 Å². The van der Waals surface area contributed by atoms with Crippen LogP contribution in [0.15, 0.2) is 77.9 Å². The molecule has 0 bridgehead atoms. The fourth-order valence-electron chi connectivity index (χ4n) is 2.68. The van der Waals surface area contributed by atoms with Crippen molar-refractivity contribution in [1.82, 2.24) is 5.43 Å². The maximum absolute atomic E-state index is 12.3. The fourth-order valence-corrected chi connectivity index (χ4v) is 2.68. The van der Waals surface area contributed by atoms with E-state index in [1.165, 1.54) is 6.21 Å². The minimum absolute atomic E-state index is 0.372. The highest BCUT2D eigenvalue weighted by Gasteiger charge is 2.07. The topological polar surface area (TPSA) is 101 Å². The van der Waals surface area contributed by atoms with E-state index < -0.39 is 0 Å². The number of amides is 3. The minimum Gasteiger partial charge on any atom is -0.493 e. The molecule has 3 amide bonds. The van der Waals surface area contributed by atoms with E-state index in [0.29, 0.717) is 28.4 Å². The molecule has 0 saturated carbocycles. The van der Waals surface area contributed by atoms with Crippen LogP contribution in [0.1, 0.15) is 15.9 Å². The molecule has 0 aromatic heterocycles. The van der Waals surface area contributed by atoms with E-state index in [2.05, 4.69) is 21.2 Å². The molecule has 0 radical (unpaired) electrons. The fraction of sp³-hybridized carbons (Fsp3) is 0.0870. The number of hydrazone groups is 1. The SMILES string of the molecule is COc1ccc(/C=N\NC(=O)c2ccc(NC(=O)Nc3ccccc3)cc2)cc1OC. The second-order valence-corrected chi connectivity index (χ2v) is 6.34. The number of ether oxygens (including phenoxy) is 2. The zero-order valence-electron chi connectivity index (χ0n) is 17.1. The number of para-hydroxylation sites is 1. The third kappa shape index (κ3) is 6.07. The summed E-state index contributed by atoms with van der Waals surface area (Å²) < 4.78 is 10.4. The molecule has 0 fully saturated rings. The predicted molar refractivity (Wildman–Crippen MR) is 120 cm³/mol. The Hall–Kier alpha value is -4.33. The van der Waals surface area contributed by atoms with Gasteiger partial charge in [-0.25, -0.2) is 10.2 Å². The Morgan fingerprint density at radius 3 is 2.10 bits per heavy atom. The number of urea groups is 1. The van der Waals surface area contributed by atoms with Gasteiger partial charge >= 0.3 is 6.03 Å². The molecule has 3 aromatic carbocycles. The number of benzene rings is 3. The van der Waals surface area contributed by atoms with E-state index in [9.17, 15) is 9.59 Å². The van der Waals surface area contributed by atoms with Crippen LogP contribution in [0.3, 0.4) is 0 Å². The Morgan fingerprint density at radius 2 is 1.45 bits per heavy atom. The maximum atomic E-state index is 12.3. The lowest BCUT2D eigenvalue weighted by Gasteiger charge is -2.08. The average molecular weight is 418 g/mol. The lowest BCUT2D eigenvalue weighted by atomic mass is 10.2. The monoisotopic (exact) mass is 418 g/mol. The summed E-state index contributed by atoms with van der Waals surface area (Å²) >= 11 is 0. The van der Waals surface area contributed by atoms with E-state index >= 15 is 0 Å². The van der Waals surface area contributed by atoms with Crippen LogP contribution < -0.4 is 25.5 Å². The zero-order chi connectivity index (χ0) is 22.1. The van der Waals surface area contributed by atoms with Crippen LogP contribution in [0.5, 0.6) is 11.5 Å². The number of anilines is 2. The Bertz CT molecular complexity index is 1070. The van der Waals surface area contributed by atoms with Gasteiger partial charge in [0.2, 0.25) is 0 Å². The van der Waals surface area contributed by atoms with Crippen LogP contribution in [-0.4, -0.2) is 32.4 Å². The van der Waals surface area contributed by atoms with Gasteiger partial charge in [0.15, 0.2) is 11.5 Å². The highest BCUT2D eigenvalue weighted by molar-refractivity contribution is 6.00. The van der Waals surface area contributed by atoms with Crippen LogP contribution in [0.25, 0.3) is 0 Å². The molecule has 3 aromatic rings. The number of carbonyl (C=O) groups excluding carboxylic acids is 2. The normalized spacial score (nSPS) is 10.4. The van der Waals surface area contributed by atoms with Crippen LogP contribution >= 0.6 is 0 Å². The summed E-state index contributed by atoms with van der Waals surface area (Å²) in [4.78, 5) is 24.3. The van der Waals surface area contributed by atoms with Gasteiger partial charge in [-0.05, 0) is 60.2 Å². The molecule has 0 aliphatic carbocycles. The second kappa shape index (κ2) is 10.4. The Morgan fingerprint density at radius 1 is 0.806 bits per heavy atom. The lowest BCUT2D eigenvalue weighted by Crippen LogP contribution is -2.20. The molecule has 8 heteroatoms. The van der Waals surface area contributed by atoms with Crippen LogP contribution in [0, 0.1) is 0 Å². The van der Waals surface area contributed by atoms with Crippen molar-refractivity contribution >= 4 is 29.5 Å². The first-order valence-electron chi connectivity index (χ1n) is 9.37. The van der Waals surface area contributed by atoms with E-state index in [1.54, 1.807) is 68.8 Å².